The van der Waals surface area contributed by atoms with Crippen LogP contribution in [0.15, 0.2) is 34.8 Å². The molecule has 102 valence electrons. The van der Waals surface area contributed by atoms with Gasteiger partial charge < -0.3 is 5.73 Å². The molecule has 0 saturated heterocycles. The number of nitrogens with zero attached hydrogens (tertiary/aromatic N) is 2. The van der Waals surface area contributed by atoms with Gasteiger partial charge >= 0.3 is 0 Å². The van der Waals surface area contributed by atoms with Crippen LogP contribution in [0.4, 0.5) is 5.82 Å². The first-order chi connectivity index (χ1) is 8.87. The van der Waals surface area contributed by atoms with E-state index < -0.39 is 9.84 Å². The number of aromatic nitrogens is 2. The van der Waals surface area contributed by atoms with Crippen LogP contribution in [-0.4, -0.2) is 30.2 Å². The maximum atomic E-state index is 11.2. The lowest BCUT2D eigenvalue weighted by atomic mass is 10.2. The van der Waals surface area contributed by atoms with Gasteiger partial charge in [-0.25, -0.2) is 13.1 Å². The Hall–Kier alpha value is -1.34. The van der Waals surface area contributed by atoms with Crippen molar-refractivity contribution in [2.75, 3.05) is 17.7 Å². The van der Waals surface area contributed by atoms with Crippen LogP contribution in [0.1, 0.15) is 0 Å². The third-order valence-corrected chi connectivity index (χ3v) is 4.25. The van der Waals surface area contributed by atoms with E-state index in [0.29, 0.717) is 5.82 Å². The van der Waals surface area contributed by atoms with Gasteiger partial charge in [-0.15, -0.1) is 0 Å². The Labute approximate surface area is 120 Å². The zero-order chi connectivity index (χ0) is 14.0. The lowest BCUT2D eigenvalue weighted by Crippen LogP contribution is -2.13. The quantitative estimate of drug-likeness (QED) is 0.919. The van der Waals surface area contributed by atoms with Crippen molar-refractivity contribution in [1.82, 2.24) is 9.78 Å². The summed E-state index contributed by atoms with van der Waals surface area (Å²) in [5.41, 5.74) is 7.49. The highest BCUT2D eigenvalue weighted by Gasteiger charge is 2.11. The van der Waals surface area contributed by atoms with Crippen molar-refractivity contribution in [3.05, 3.63) is 34.8 Å². The van der Waals surface area contributed by atoms with Crippen molar-refractivity contribution in [2.45, 2.75) is 6.54 Å². The minimum atomic E-state index is -3.03. The fraction of sp³-hybridized carbons (Fsp3) is 0.250. The summed E-state index contributed by atoms with van der Waals surface area (Å²) in [6, 6.07) is 9.40. The van der Waals surface area contributed by atoms with Crippen LogP contribution in [0.2, 0.25) is 0 Å². The van der Waals surface area contributed by atoms with E-state index in [0.717, 1.165) is 15.7 Å². The fourth-order valence-electron chi connectivity index (χ4n) is 1.66. The van der Waals surface area contributed by atoms with E-state index in [1.54, 1.807) is 6.07 Å². The van der Waals surface area contributed by atoms with E-state index in [-0.39, 0.29) is 12.3 Å². The highest BCUT2D eigenvalue weighted by molar-refractivity contribution is 9.10. The Kier molecular flexibility index (Phi) is 3.96. The van der Waals surface area contributed by atoms with Crippen molar-refractivity contribution >= 4 is 31.6 Å². The zero-order valence-electron chi connectivity index (χ0n) is 10.4. The normalized spacial score (nSPS) is 11.7. The number of hydrogen-bond donors (Lipinski definition) is 1. The summed E-state index contributed by atoms with van der Waals surface area (Å²) in [6.45, 7) is 0.259. The summed E-state index contributed by atoms with van der Waals surface area (Å²) in [4.78, 5) is 0. The molecular formula is C12H14BrN3O2S. The van der Waals surface area contributed by atoms with Gasteiger partial charge in [-0.2, -0.15) is 5.10 Å². The Morgan fingerprint density at radius 2 is 2.05 bits per heavy atom. The first-order valence-electron chi connectivity index (χ1n) is 5.63. The molecule has 0 radical (unpaired) electrons. The van der Waals surface area contributed by atoms with E-state index in [1.807, 2.05) is 24.3 Å². The zero-order valence-corrected chi connectivity index (χ0v) is 12.8. The van der Waals surface area contributed by atoms with Crippen molar-refractivity contribution in [2.24, 2.45) is 0 Å². The first-order valence-corrected chi connectivity index (χ1v) is 8.48. The summed E-state index contributed by atoms with van der Waals surface area (Å²) in [6.07, 6.45) is 1.20. The molecule has 0 aliphatic rings. The summed E-state index contributed by atoms with van der Waals surface area (Å²) >= 11 is 3.45. The molecule has 5 nitrogen and oxygen atoms in total. The number of nitrogens with two attached hydrogens (primary N) is 1. The van der Waals surface area contributed by atoms with Gasteiger partial charge in [-0.1, -0.05) is 34.1 Å². The molecule has 0 aliphatic carbocycles. The number of hydrogen-bond acceptors (Lipinski definition) is 4. The van der Waals surface area contributed by atoms with E-state index in [9.17, 15) is 8.42 Å². The molecule has 19 heavy (non-hydrogen) atoms. The largest absolute Gasteiger partial charge is 0.384 e. The third-order valence-electron chi connectivity index (χ3n) is 2.63. The lowest BCUT2D eigenvalue weighted by Gasteiger charge is -2.02. The molecule has 0 saturated carbocycles. The molecular weight excluding hydrogens is 330 g/mol. The van der Waals surface area contributed by atoms with Gasteiger partial charge in [0.15, 0.2) is 0 Å². The number of sulfone groups is 1. The minimum Gasteiger partial charge on any atom is -0.384 e. The molecule has 2 rings (SSSR count). The third kappa shape index (κ3) is 3.57. The summed E-state index contributed by atoms with van der Waals surface area (Å²) in [5.74, 6) is 0.475. The number of rotatable bonds is 4. The van der Waals surface area contributed by atoms with Gasteiger partial charge in [0.1, 0.15) is 15.7 Å². The van der Waals surface area contributed by atoms with Gasteiger partial charge in [-0.05, 0) is 6.07 Å². The summed E-state index contributed by atoms with van der Waals surface area (Å²) in [5, 5.41) is 4.34. The highest BCUT2D eigenvalue weighted by atomic mass is 79.9. The molecule has 2 aromatic rings. The molecule has 1 aromatic carbocycles. The lowest BCUT2D eigenvalue weighted by molar-refractivity contribution is 0.588. The van der Waals surface area contributed by atoms with Crippen molar-refractivity contribution in [1.29, 1.82) is 0 Å². The van der Waals surface area contributed by atoms with Gasteiger partial charge in [0.05, 0.1) is 18.0 Å². The molecule has 0 fully saturated rings. The second-order valence-electron chi connectivity index (χ2n) is 4.29. The number of benzene rings is 1. The topological polar surface area (TPSA) is 78.0 Å². The average Bonchev–Trinajstić information content (AvgIpc) is 2.68. The van der Waals surface area contributed by atoms with Gasteiger partial charge in [0.25, 0.3) is 0 Å². The second kappa shape index (κ2) is 5.34. The Bertz CT molecular complexity index is 695. The molecule has 7 heteroatoms. The smallest absolute Gasteiger partial charge is 0.149 e. The van der Waals surface area contributed by atoms with E-state index in [2.05, 4.69) is 21.0 Å². The molecule has 0 atom stereocenters. The first kappa shape index (κ1) is 14.1. The van der Waals surface area contributed by atoms with Crippen molar-refractivity contribution in [3.8, 4) is 11.3 Å². The molecule has 0 bridgehead atoms. The maximum absolute atomic E-state index is 11.2. The fourth-order valence-corrected chi connectivity index (χ4v) is 2.66. The number of nitrogen functional groups attached to an aromatic ring is 1. The van der Waals surface area contributed by atoms with Crippen molar-refractivity contribution < 1.29 is 8.42 Å². The summed E-state index contributed by atoms with van der Waals surface area (Å²) < 4.78 is 24.7. The summed E-state index contributed by atoms with van der Waals surface area (Å²) in [7, 11) is -3.03. The van der Waals surface area contributed by atoms with E-state index in [4.69, 9.17) is 5.73 Å². The van der Waals surface area contributed by atoms with E-state index >= 15 is 0 Å². The number of halogens is 1. The molecule has 0 aliphatic heterocycles. The molecule has 1 heterocycles. The predicted octanol–water partition coefficient (Wildman–Crippen LogP) is 1.94. The molecule has 1 aromatic heterocycles. The highest BCUT2D eigenvalue weighted by Crippen LogP contribution is 2.27. The van der Waals surface area contributed by atoms with Gasteiger partial charge in [0, 0.05) is 22.4 Å². The van der Waals surface area contributed by atoms with Crippen molar-refractivity contribution in [3.63, 3.8) is 0 Å². The second-order valence-corrected chi connectivity index (χ2v) is 7.40. The van der Waals surface area contributed by atoms with E-state index in [1.165, 1.54) is 10.9 Å². The maximum Gasteiger partial charge on any atom is 0.149 e. The minimum absolute atomic E-state index is 0.0221. The van der Waals surface area contributed by atoms with Crippen LogP contribution in [0.5, 0.6) is 0 Å². The molecule has 0 amide bonds. The average molecular weight is 344 g/mol. The Morgan fingerprint density at radius 3 is 2.68 bits per heavy atom. The predicted molar refractivity (Wildman–Crippen MR) is 79.5 cm³/mol. The van der Waals surface area contributed by atoms with Crippen LogP contribution in [0.3, 0.4) is 0 Å². The number of aryl methyl sites for hydroxylation is 1. The Balaban J connectivity index is 2.29. The molecule has 0 spiro atoms. The van der Waals surface area contributed by atoms with Crippen LogP contribution >= 0.6 is 15.9 Å². The van der Waals surface area contributed by atoms with Gasteiger partial charge in [0.2, 0.25) is 0 Å². The van der Waals surface area contributed by atoms with Crippen LogP contribution < -0.4 is 5.73 Å². The standard InChI is InChI=1S/C12H14BrN3O2S/c1-19(17,18)7-6-16-12(14)8-11(15-16)9-4-2-3-5-10(9)13/h2-5,8H,6-7,14H2,1H3. The number of anilines is 1. The molecule has 0 unspecified atom stereocenters. The monoisotopic (exact) mass is 343 g/mol. The van der Waals surface area contributed by atoms with Gasteiger partial charge in [-0.3, -0.25) is 0 Å². The van der Waals surface area contributed by atoms with Crippen LogP contribution in [0.25, 0.3) is 11.3 Å². The Morgan fingerprint density at radius 1 is 1.37 bits per heavy atom. The molecule has 2 N–H and O–H groups in total. The SMILES string of the molecule is CS(=O)(=O)CCn1nc(-c2ccccc2Br)cc1N. The van der Waals surface area contributed by atoms with Crippen LogP contribution in [0, 0.1) is 0 Å². The van der Waals surface area contributed by atoms with Crippen LogP contribution in [-0.2, 0) is 16.4 Å².